The highest BCUT2D eigenvalue weighted by Gasteiger charge is 2.40. The summed E-state index contributed by atoms with van der Waals surface area (Å²) in [6, 6.07) is 12.0. The summed E-state index contributed by atoms with van der Waals surface area (Å²) in [4.78, 5) is 41.6. The second-order valence-electron chi connectivity index (χ2n) is 9.62. The van der Waals surface area contributed by atoms with Crippen LogP contribution in [0.1, 0.15) is 40.7 Å². The van der Waals surface area contributed by atoms with E-state index in [1.165, 1.54) is 10.0 Å². The van der Waals surface area contributed by atoms with Gasteiger partial charge in [0.2, 0.25) is 5.91 Å². The summed E-state index contributed by atoms with van der Waals surface area (Å²) in [6.07, 6.45) is 2.45. The second-order valence-corrected chi connectivity index (χ2v) is 10.4. The Morgan fingerprint density at radius 1 is 0.971 bits per heavy atom. The third kappa shape index (κ3) is 3.93. The molecule has 4 fully saturated rings. The van der Waals surface area contributed by atoms with Gasteiger partial charge in [-0.05, 0) is 42.2 Å². The number of benzene rings is 2. The number of fused-ring (bicyclic) bond motifs is 4. The van der Waals surface area contributed by atoms with Gasteiger partial charge in [0, 0.05) is 43.7 Å². The molecule has 0 aromatic heterocycles. The van der Waals surface area contributed by atoms with Crippen LogP contribution >= 0.6 is 23.2 Å². The Bertz CT molecular complexity index is 1240. The van der Waals surface area contributed by atoms with Gasteiger partial charge in [-0.25, -0.2) is 14.8 Å². The predicted molar refractivity (Wildman–Crippen MR) is 132 cm³/mol. The average Bonchev–Trinajstić information content (AvgIpc) is 3.17. The maximum absolute atomic E-state index is 12.9. The lowest BCUT2D eigenvalue weighted by atomic mass is 9.89. The van der Waals surface area contributed by atoms with Crippen LogP contribution in [0, 0.1) is 0 Å². The molecule has 5 heterocycles. The molecule has 0 saturated carbocycles. The number of nitrogens with one attached hydrogen (secondary N) is 1. The quantitative estimate of drug-likeness (QED) is 0.674. The first-order valence-corrected chi connectivity index (χ1v) is 12.6. The van der Waals surface area contributed by atoms with Gasteiger partial charge in [0.1, 0.15) is 0 Å². The fraction of sp³-hybridized carbons (Fsp3) is 0.400. The first kappa shape index (κ1) is 22.6. The highest BCUT2D eigenvalue weighted by atomic mass is 35.5. The van der Waals surface area contributed by atoms with Crippen LogP contribution in [0.2, 0.25) is 10.0 Å². The maximum atomic E-state index is 12.9. The molecule has 2 aromatic carbocycles. The van der Waals surface area contributed by atoms with E-state index in [9.17, 15) is 14.4 Å². The molecule has 4 saturated heterocycles. The van der Waals surface area contributed by atoms with Crippen LogP contribution < -0.4 is 10.2 Å². The van der Waals surface area contributed by atoms with Gasteiger partial charge < -0.3 is 4.90 Å². The maximum Gasteiger partial charge on any atom is 0.342 e. The zero-order valence-electron chi connectivity index (χ0n) is 19.0. The standard InChI is InChI=1S/C25H25Cl2N5O3/c26-20-2-1-3-21(23(20)27)30-14-17-5-6-18(30)13-29(17)11-15-4-7-19-16(10-15)12-32(24(19)34)31-9-8-22(33)28-25(31)35/h1-4,7,10,17-18H,5-6,8-9,11-14H2,(H,28,33,35). The minimum atomic E-state index is -0.545. The molecule has 5 aliphatic heterocycles. The van der Waals surface area contributed by atoms with Gasteiger partial charge in [-0.2, -0.15) is 0 Å². The lowest BCUT2D eigenvalue weighted by Crippen LogP contribution is -2.62. The van der Waals surface area contributed by atoms with E-state index in [4.69, 9.17) is 23.2 Å². The van der Waals surface area contributed by atoms with Crippen molar-refractivity contribution in [3.8, 4) is 0 Å². The zero-order valence-corrected chi connectivity index (χ0v) is 20.6. The normalized spacial score (nSPS) is 24.3. The number of hydrazine groups is 1. The molecule has 2 aromatic rings. The Morgan fingerprint density at radius 2 is 1.80 bits per heavy atom. The molecule has 0 spiro atoms. The number of carbonyl (C=O) groups excluding carboxylic acids is 3. The third-order valence-electron chi connectivity index (χ3n) is 7.55. The number of halogens is 2. The number of rotatable bonds is 4. The number of piperazine rings is 1. The van der Waals surface area contributed by atoms with E-state index in [-0.39, 0.29) is 24.8 Å². The van der Waals surface area contributed by atoms with Crippen molar-refractivity contribution in [2.45, 2.75) is 44.4 Å². The monoisotopic (exact) mass is 513 g/mol. The number of nitrogens with zero attached hydrogens (tertiary/aromatic N) is 4. The number of urea groups is 1. The van der Waals surface area contributed by atoms with Crippen molar-refractivity contribution in [1.82, 2.24) is 20.2 Å². The molecule has 10 heteroatoms. The van der Waals surface area contributed by atoms with Crippen molar-refractivity contribution in [3.63, 3.8) is 0 Å². The number of anilines is 1. The minimum absolute atomic E-state index is 0.187. The Balaban J connectivity index is 1.15. The minimum Gasteiger partial charge on any atom is -0.364 e. The fourth-order valence-electron chi connectivity index (χ4n) is 5.79. The predicted octanol–water partition coefficient (Wildman–Crippen LogP) is 3.66. The Morgan fingerprint density at radius 3 is 2.57 bits per heavy atom. The first-order valence-electron chi connectivity index (χ1n) is 11.9. The molecule has 182 valence electrons. The van der Waals surface area contributed by atoms with Gasteiger partial charge in [-0.3, -0.25) is 19.8 Å². The van der Waals surface area contributed by atoms with Gasteiger partial charge in [0.15, 0.2) is 0 Å². The van der Waals surface area contributed by atoms with E-state index in [2.05, 4.69) is 21.2 Å². The summed E-state index contributed by atoms with van der Waals surface area (Å²) in [7, 11) is 0. The summed E-state index contributed by atoms with van der Waals surface area (Å²) < 4.78 is 0. The molecule has 1 N–H and O–H groups in total. The summed E-state index contributed by atoms with van der Waals surface area (Å²) in [5.41, 5.74) is 3.68. The van der Waals surface area contributed by atoms with E-state index in [1.807, 2.05) is 30.3 Å². The number of hydrogen-bond donors (Lipinski definition) is 1. The molecule has 7 rings (SSSR count). The largest absolute Gasteiger partial charge is 0.364 e. The molecule has 0 aliphatic carbocycles. The van der Waals surface area contributed by atoms with Crippen LogP contribution in [-0.2, 0) is 17.9 Å². The molecule has 0 radical (unpaired) electrons. The van der Waals surface area contributed by atoms with Crippen LogP contribution in [0.15, 0.2) is 36.4 Å². The number of hydrogen-bond acceptors (Lipinski definition) is 5. The molecule has 2 atom stereocenters. The molecule has 35 heavy (non-hydrogen) atoms. The van der Waals surface area contributed by atoms with E-state index < -0.39 is 6.03 Å². The lowest BCUT2D eigenvalue weighted by molar-refractivity contribution is -0.123. The van der Waals surface area contributed by atoms with Crippen molar-refractivity contribution in [2.24, 2.45) is 0 Å². The topological polar surface area (TPSA) is 76.2 Å². The molecular weight excluding hydrogens is 489 g/mol. The van der Waals surface area contributed by atoms with Gasteiger partial charge in [-0.1, -0.05) is 41.4 Å². The van der Waals surface area contributed by atoms with Crippen molar-refractivity contribution in [3.05, 3.63) is 63.1 Å². The van der Waals surface area contributed by atoms with Crippen LogP contribution in [0.4, 0.5) is 10.5 Å². The number of carbonyl (C=O) groups is 3. The average molecular weight is 514 g/mol. The smallest absolute Gasteiger partial charge is 0.342 e. The molecule has 2 unspecified atom stereocenters. The summed E-state index contributed by atoms with van der Waals surface area (Å²) in [5.74, 6) is -0.521. The summed E-state index contributed by atoms with van der Waals surface area (Å²) >= 11 is 12.8. The molecular formula is C25H25Cl2N5O3. The Hall–Kier alpha value is -2.81. The van der Waals surface area contributed by atoms with Gasteiger partial charge in [-0.15, -0.1) is 0 Å². The Kier molecular flexibility index (Phi) is 5.62. The Labute approximate surface area is 213 Å². The fourth-order valence-corrected chi connectivity index (χ4v) is 6.19. The van der Waals surface area contributed by atoms with Crippen LogP contribution in [-0.4, -0.2) is 64.5 Å². The molecule has 8 nitrogen and oxygen atoms in total. The SMILES string of the molecule is O=C1CCN(N2Cc3cc(CN4CC5CCC4CN5c4cccc(Cl)c4Cl)ccc3C2=O)C(=O)N1. The number of amides is 4. The highest BCUT2D eigenvalue weighted by Crippen LogP contribution is 2.39. The van der Waals surface area contributed by atoms with Crippen LogP contribution in [0.5, 0.6) is 0 Å². The third-order valence-corrected chi connectivity index (χ3v) is 8.36. The number of imide groups is 1. The van der Waals surface area contributed by atoms with Crippen LogP contribution in [0.3, 0.4) is 0 Å². The van der Waals surface area contributed by atoms with E-state index in [0.29, 0.717) is 34.2 Å². The van der Waals surface area contributed by atoms with Crippen molar-refractivity contribution >= 4 is 46.7 Å². The van der Waals surface area contributed by atoms with E-state index in [0.717, 1.165) is 49.3 Å². The summed E-state index contributed by atoms with van der Waals surface area (Å²) in [6.45, 7) is 3.19. The molecule has 2 bridgehead atoms. The van der Waals surface area contributed by atoms with Crippen molar-refractivity contribution in [2.75, 3.05) is 24.5 Å². The number of piperidine rings is 2. The molecule has 4 amide bonds. The lowest BCUT2D eigenvalue weighted by Gasteiger charge is -2.52. The van der Waals surface area contributed by atoms with E-state index in [1.54, 1.807) is 0 Å². The van der Waals surface area contributed by atoms with Gasteiger partial charge in [0.25, 0.3) is 5.91 Å². The van der Waals surface area contributed by atoms with Crippen molar-refractivity contribution in [1.29, 1.82) is 0 Å². The molecule has 5 aliphatic rings. The van der Waals surface area contributed by atoms with Gasteiger partial charge >= 0.3 is 6.03 Å². The van der Waals surface area contributed by atoms with Gasteiger partial charge in [0.05, 0.1) is 28.8 Å². The zero-order chi connectivity index (χ0) is 24.3. The van der Waals surface area contributed by atoms with Crippen molar-refractivity contribution < 1.29 is 14.4 Å². The highest BCUT2D eigenvalue weighted by molar-refractivity contribution is 6.43. The van der Waals surface area contributed by atoms with Crippen LogP contribution in [0.25, 0.3) is 0 Å². The van der Waals surface area contributed by atoms with E-state index >= 15 is 0 Å². The second kappa shape index (κ2) is 8.69. The first-order chi connectivity index (χ1) is 16.9. The summed E-state index contributed by atoms with van der Waals surface area (Å²) in [5, 5.41) is 6.26.